The molecule has 8 nitrogen and oxygen atoms in total. The lowest BCUT2D eigenvalue weighted by Crippen LogP contribution is -2.55. The first-order valence-electron chi connectivity index (χ1n) is 24.6. The van der Waals surface area contributed by atoms with Gasteiger partial charge in [-0.25, -0.2) is 0 Å². The Bertz CT molecular complexity index is 905. The van der Waals surface area contributed by atoms with Gasteiger partial charge >= 0.3 is 11.9 Å². The smallest absolute Gasteiger partial charge is 0.306 e. The van der Waals surface area contributed by atoms with Crippen molar-refractivity contribution in [3.8, 4) is 0 Å². The standard InChI is InChI=1S/C49H95NO7/c1-6-8-10-12-14-16-18-20-22-23-24-25-26-28-29-31-33-35-37-39-47(51)56-44-45(43-55-42-41-46(49(53)54)50(3,4)5)57-48(52)40-38-36-34-32-30-27-21-19-17-15-13-11-9-7-2/h45-46H,6-44H2,1-5H3. The van der Waals surface area contributed by atoms with Crippen LogP contribution in [0.15, 0.2) is 0 Å². The number of quaternary nitrogens is 1. The van der Waals surface area contributed by atoms with Crippen LogP contribution in [0.4, 0.5) is 0 Å². The van der Waals surface area contributed by atoms with Crippen LogP contribution < -0.4 is 5.11 Å². The number of carbonyl (C=O) groups excluding carboxylic acids is 3. The molecule has 0 rings (SSSR count). The van der Waals surface area contributed by atoms with E-state index in [1.165, 1.54) is 173 Å². The molecule has 2 unspecified atom stereocenters. The number of ether oxygens (including phenoxy) is 3. The molecule has 57 heavy (non-hydrogen) atoms. The molecule has 0 spiro atoms. The second kappa shape index (κ2) is 41.1. The van der Waals surface area contributed by atoms with Crippen LogP contribution in [0.2, 0.25) is 0 Å². The van der Waals surface area contributed by atoms with Gasteiger partial charge in [0.15, 0.2) is 6.10 Å². The summed E-state index contributed by atoms with van der Waals surface area (Å²) in [5, 5.41) is 11.6. The molecule has 0 aliphatic rings. The summed E-state index contributed by atoms with van der Waals surface area (Å²) >= 11 is 0. The predicted molar refractivity (Wildman–Crippen MR) is 236 cm³/mol. The van der Waals surface area contributed by atoms with Crippen molar-refractivity contribution in [1.82, 2.24) is 0 Å². The zero-order valence-corrected chi connectivity index (χ0v) is 38.5. The van der Waals surface area contributed by atoms with Crippen LogP contribution in [0.3, 0.4) is 0 Å². The SMILES string of the molecule is CCCCCCCCCCCCCCCCCCCCCC(=O)OCC(COCCC(C(=O)[O-])[N+](C)(C)C)OC(=O)CCCCCCCCCCCCCCCC. The molecule has 0 saturated heterocycles. The Morgan fingerprint density at radius 3 is 1.09 bits per heavy atom. The van der Waals surface area contributed by atoms with Crippen LogP contribution in [-0.2, 0) is 28.6 Å². The van der Waals surface area contributed by atoms with Crippen LogP contribution in [0, 0.1) is 0 Å². The summed E-state index contributed by atoms with van der Waals surface area (Å²) in [5.41, 5.74) is 0. The number of aliphatic carboxylic acids is 1. The van der Waals surface area contributed by atoms with Gasteiger partial charge in [-0.05, 0) is 12.8 Å². The maximum absolute atomic E-state index is 12.7. The molecule has 0 N–H and O–H groups in total. The molecular formula is C49H95NO7. The van der Waals surface area contributed by atoms with Crippen molar-refractivity contribution in [3.63, 3.8) is 0 Å². The van der Waals surface area contributed by atoms with Crippen molar-refractivity contribution in [2.45, 2.75) is 257 Å². The number of likely N-dealkylation sites (N-methyl/N-ethyl adjacent to an activating group) is 1. The normalized spacial score (nSPS) is 12.8. The number of carbonyl (C=O) groups is 3. The van der Waals surface area contributed by atoms with Crippen molar-refractivity contribution in [3.05, 3.63) is 0 Å². The van der Waals surface area contributed by atoms with E-state index in [1.807, 2.05) is 21.1 Å². The monoisotopic (exact) mass is 810 g/mol. The summed E-state index contributed by atoms with van der Waals surface area (Å²) in [5.74, 6) is -1.71. The van der Waals surface area contributed by atoms with E-state index in [1.54, 1.807) is 0 Å². The average Bonchev–Trinajstić information content (AvgIpc) is 3.17. The van der Waals surface area contributed by atoms with E-state index in [4.69, 9.17) is 14.2 Å². The molecule has 0 radical (unpaired) electrons. The number of hydrogen-bond acceptors (Lipinski definition) is 7. The minimum absolute atomic E-state index is 0.0495. The van der Waals surface area contributed by atoms with E-state index < -0.39 is 18.1 Å². The Kier molecular flexibility index (Phi) is 39.9. The third kappa shape index (κ3) is 39.6. The lowest BCUT2D eigenvalue weighted by Gasteiger charge is -2.34. The van der Waals surface area contributed by atoms with Gasteiger partial charge in [0.1, 0.15) is 12.6 Å². The molecule has 0 aromatic rings. The molecule has 0 saturated carbocycles. The molecule has 0 aromatic heterocycles. The number of esters is 2. The molecule has 8 heteroatoms. The fourth-order valence-corrected chi connectivity index (χ4v) is 7.66. The lowest BCUT2D eigenvalue weighted by molar-refractivity contribution is -0.889. The molecular weight excluding hydrogens is 715 g/mol. The summed E-state index contributed by atoms with van der Waals surface area (Å²) in [4.78, 5) is 36.9. The van der Waals surface area contributed by atoms with E-state index in [-0.39, 0.29) is 42.7 Å². The van der Waals surface area contributed by atoms with Crippen molar-refractivity contribution < 1.29 is 38.2 Å². The maximum Gasteiger partial charge on any atom is 0.306 e. The van der Waals surface area contributed by atoms with Gasteiger partial charge in [-0.2, -0.15) is 0 Å². The fraction of sp³-hybridized carbons (Fsp3) is 0.939. The molecule has 338 valence electrons. The van der Waals surface area contributed by atoms with E-state index in [0.29, 0.717) is 12.8 Å². The first-order valence-corrected chi connectivity index (χ1v) is 24.6. The number of carboxylic acid groups (broad SMARTS) is 1. The van der Waals surface area contributed by atoms with Crippen molar-refractivity contribution in [2.75, 3.05) is 41.0 Å². The Labute approximate surface area is 353 Å². The Morgan fingerprint density at radius 1 is 0.456 bits per heavy atom. The van der Waals surface area contributed by atoms with E-state index in [0.717, 1.165) is 38.5 Å². The van der Waals surface area contributed by atoms with E-state index in [9.17, 15) is 19.5 Å². The quantitative estimate of drug-likeness (QED) is 0.0343. The Morgan fingerprint density at radius 2 is 0.772 bits per heavy atom. The topological polar surface area (TPSA) is 102 Å². The highest BCUT2D eigenvalue weighted by Crippen LogP contribution is 2.17. The van der Waals surface area contributed by atoms with Crippen LogP contribution in [0.25, 0.3) is 0 Å². The zero-order valence-electron chi connectivity index (χ0n) is 38.5. The van der Waals surface area contributed by atoms with Crippen molar-refractivity contribution in [2.24, 2.45) is 0 Å². The van der Waals surface area contributed by atoms with Gasteiger partial charge in [0, 0.05) is 19.3 Å². The number of hydrogen-bond donors (Lipinski definition) is 0. The van der Waals surface area contributed by atoms with Crippen LogP contribution in [-0.4, -0.2) is 75.5 Å². The highest BCUT2D eigenvalue weighted by molar-refractivity contribution is 5.70. The Balaban J connectivity index is 4.20. The Hall–Kier alpha value is -1.67. The zero-order chi connectivity index (χ0) is 42.1. The predicted octanol–water partition coefficient (Wildman–Crippen LogP) is 12.4. The first kappa shape index (κ1) is 55.3. The average molecular weight is 810 g/mol. The maximum atomic E-state index is 12.7. The number of nitrogens with zero attached hydrogens (tertiary/aromatic N) is 1. The van der Waals surface area contributed by atoms with E-state index in [2.05, 4.69) is 13.8 Å². The summed E-state index contributed by atoms with van der Waals surface area (Å²) < 4.78 is 17.2. The van der Waals surface area contributed by atoms with Gasteiger partial charge in [0.2, 0.25) is 0 Å². The molecule has 0 heterocycles. The number of carboxylic acids is 1. The third-order valence-electron chi connectivity index (χ3n) is 11.5. The van der Waals surface area contributed by atoms with Crippen LogP contribution in [0.1, 0.15) is 245 Å². The molecule has 0 aliphatic heterocycles. The van der Waals surface area contributed by atoms with Gasteiger partial charge in [-0.3, -0.25) is 9.59 Å². The molecule has 0 amide bonds. The van der Waals surface area contributed by atoms with Gasteiger partial charge in [0.05, 0.1) is 40.3 Å². The van der Waals surface area contributed by atoms with Crippen molar-refractivity contribution in [1.29, 1.82) is 0 Å². The largest absolute Gasteiger partial charge is 0.544 e. The van der Waals surface area contributed by atoms with Gasteiger partial charge in [-0.1, -0.05) is 213 Å². The third-order valence-corrected chi connectivity index (χ3v) is 11.5. The summed E-state index contributed by atoms with van der Waals surface area (Å²) in [6.45, 7) is 4.71. The minimum atomic E-state index is -1.12. The second-order valence-corrected chi connectivity index (χ2v) is 18.1. The second-order valence-electron chi connectivity index (χ2n) is 18.1. The highest BCUT2D eigenvalue weighted by atomic mass is 16.6. The molecule has 0 bridgehead atoms. The van der Waals surface area contributed by atoms with Crippen LogP contribution >= 0.6 is 0 Å². The summed E-state index contributed by atoms with van der Waals surface area (Å²) in [7, 11) is 5.43. The first-order chi connectivity index (χ1) is 27.6. The van der Waals surface area contributed by atoms with Gasteiger partial charge in [-0.15, -0.1) is 0 Å². The van der Waals surface area contributed by atoms with E-state index >= 15 is 0 Å². The number of rotatable bonds is 45. The molecule has 0 aromatic carbocycles. The summed E-state index contributed by atoms with van der Waals surface area (Å²) in [6.07, 6.45) is 42.7. The molecule has 2 atom stereocenters. The minimum Gasteiger partial charge on any atom is -0.544 e. The van der Waals surface area contributed by atoms with Crippen LogP contribution in [0.5, 0.6) is 0 Å². The van der Waals surface area contributed by atoms with Crippen molar-refractivity contribution >= 4 is 17.9 Å². The molecule has 0 fully saturated rings. The number of unbranched alkanes of at least 4 members (excludes halogenated alkanes) is 31. The van der Waals surface area contributed by atoms with Gasteiger partial charge in [0.25, 0.3) is 0 Å². The van der Waals surface area contributed by atoms with Gasteiger partial charge < -0.3 is 28.6 Å². The summed E-state index contributed by atoms with van der Waals surface area (Å²) in [6, 6.07) is -0.719. The molecule has 0 aliphatic carbocycles. The highest BCUT2D eigenvalue weighted by Gasteiger charge is 2.25. The fourth-order valence-electron chi connectivity index (χ4n) is 7.66. The lowest BCUT2D eigenvalue weighted by atomic mass is 10.0.